The number of para-hydroxylation sites is 2. The molecule has 1 aliphatic carbocycles. The summed E-state index contributed by atoms with van der Waals surface area (Å²) in [6.07, 6.45) is 21.5. The molecule has 2 heterocycles. The van der Waals surface area contributed by atoms with E-state index in [0.29, 0.717) is 25.9 Å². The highest BCUT2D eigenvalue weighted by molar-refractivity contribution is 6.03. The number of nitrogens with one attached hydrogen (secondary N) is 2. The molecule has 3 aromatic carbocycles. The summed E-state index contributed by atoms with van der Waals surface area (Å²) in [6, 6.07) is 26.1. The summed E-state index contributed by atoms with van der Waals surface area (Å²) in [6.45, 7) is 22.8. The van der Waals surface area contributed by atoms with Crippen LogP contribution in [-0.4, -0.2) is 54.1 Å². The monoisotopic (exact) mass is 1020 g/mol. The van der Waals surface area contributed by atoms with Gasteiger partial charge in [0.05, 0.1) is 5.41 Å². The molecule has 0 saturated carbocycles. The highest BCUT2D eigenvalue weighted by Gasteiger charge is 2.44. The molecule has 9 heteroatoms. The lowest BCUT2D eigenvalue weighted by Crippen LogP contribution is -3.00. The average molecular weight is 1020 g/mol. The molecule has 0 atom stereocenters. The molecule has 2 amide bonds. The Morgan fingerprint density at radius 3 is 2.10 bits per heavy atom. The predicted octanol–water partition coefficient (Wildman–Crippen LogP) is 10.5. The van der Waals surface area contributed by atoms with Gasteiger partial charge in [0.25, 0.3) is 0 Å². The first-order chi connectivity index (χ1) is 31.6. The van der Waals surface area contributed by atoms with Crippen molar-refractivity contribution in [2.24, 2.45) is 0 Å². The van der Waals surface area contributed by atoms with Crippen molar-refractivity contribution in [3.05, 3.63) is 136 Å². The molecular weight excluding hydrogens is 944 g/mol. The van der Waals surface area contributed by atoms with Gasteiger partial charge < -0.3 is 49.0 Å². The molecule has 0 fully saturated rings. The minimum atomic E-state index is -0.475. The summed E-state index contributed by atoms with van der Waals surface area (Å²) in [5.41, 5.74) is 10.9. The fraction of sp³-hybridized carbons (Fsp3) is 0.500. The van der Waals surface area contributed by atoms with Crippen molar-refractivity contribution in [1.82, 2.24) is 10.6 Å². The van der Waals surface area contributed by atoms with Gasteiger partial charge in [-0.15, -0.1) is 0 Å². The molecule has 0 bridgehead atoms. The molecule has 0 radical (unpaired) electrons. The van der Waals surface area contributed by atoms with Gasteiger partial charge in [-0.05, 0) is 132 Å². The largest absolute Gasteiger partial charge is 1.00 e. The molecule has 8 nitrogen and oxygen atoms in total. The Bertz CT molecular complexity index is 2310. The number of anilines is 1. The van der Waals surface area contributed by atoms with Gasteiger partial charge in [0.2, 0.25) is 11.6 Å². The minimum absolute atomic E-state index is 0. The van der Waals surface area contributed by atoms with E-state index in [0.717, 1.165) is 101 Å². The number of hydrogen-bond acceptors (Lipinski definition) is 5. The van der Waals surface area contributed by atoms with Crippen LogP contribution in [0.3, 0.4) is 0 Å². The third kappa shape index (κ3) is 14.0. The first-order valence-electron chi connectivity index (χ1n) is 25.1. The van der Waals surface area contributed by atoms with Gasteiger partial charge in [-0.2, -0.15) is 4.58 Å². The highest BCUT2D eigenvalue weighted by Crippen LogP contribution is 2.48. The molecule has 6 rings (SSSR count). The Morgan fingerprint density at radius 2 is 1.42 bits per heavy atom. The third-order valence-corrected chi connectivity index (χ3v) is 13.2. The van der Waals surface area contributed by atoms with Crippen molar-refractivity contribution in [3.63, 3.8) is 0 Å². The maximum Gasteiger partial charge on any atom is 0.407 e. The van der Waals surface area contributed by atoms with Crippen LogP contribution in [0, 0.1) is 0 Å². The van der Waals surface area contributed by atoms with Crippen LogP contribution in [0.25, 0.3) is 0 Å². The number of alkyl carbamates (subject to hydrolysis) is 1. The van der Waals surface area contributed by atoms with Crippen LogP contribution >= 0.6 is 0 Å². The van der Waals surface area contributed by atoms with Gasteiger partial charge in [0.1, 0.15) is 23.7 Å². The predicted molar refractivity (Wildman–Crippen MR) is 273 cm³/mol. The normalized spacial score (nSPS) is 17.5. The second-order valence-corrected chi connectivity index (χ2v) is 20.4. The second-order valence-electron chi connectivity index (χ2n) is 20.4. The molecule has 2 N–H and O–H groups in total. The zero-order valence-corrected chi connectivity index (χ0v) is 44.3. The molecule has 0 saturated heterocycles. The lowest BCUT2D eigenvalue weighted by molar-refractivity contribution is -0.437. The Morgan fingerprint density at radius 1 is 0.761 bits per heavy atom. The lowest BCUT2D eigenvalue weighted by atomic mass is 9.81. The van der Waals surface area contributed by atoms with Gasteiger partial charge in [0.15, 0.2) is 5.71 Å². The molecule has 0 spiro atoms. The zero-order chi connectivity index (χ0) is 47.3. The number of rotatable bonds is 21. The second kappa shape index (κ2) is 24.6. The summed E-state index contributed by atoms with van der Waals surface area (Å²) in [5.74, 6) is 1.84. The summed E-state index contributed by atoms with van der Waals surface area (Å²) in [4.78, 5) is 27.1. The number of unbranched alkanes of at least 4 members (excludes halogenated alkanes) is 5. The molecule has 2 aliphatic heterocycles. The topological polar surface area (TPSA) is 82.9 Å². The molecule has 3 aromatic rings. The van der Waals surface area contributed by atoms with E-state index in [1.54, 1.807) is 0 Å². The summed E-state index contributed by atoms with van der Waals surface area (Å²) >= 11 is 0. The number of carbonyl (C=O) groups is 2. The van der Waals surface area contributed by atoms with Crippen molar-refractivity contribution in [1.29, 1.82) is 0 Å². The molecule has 362 valence electrons. The minimum Gasteiger partial charge on any atom is -1.00 e. The van der Waals surface area contributed by atoms with E-state index >= 15 is 0 Å². The number of fused-ring (bicyclic) bond motifs is 2. The van der Waals surface area contributed by atoms with E-state index in [-0.39, 0.29) is 46.8 Å². The Kier molecular flexibility index (Phi) is 19.6. The van der Waals surface area contributed by atoms with Gasteiger partial charge in [-0.1, -0.05) is 108 Å². The molecule has 3 aliphatic rings. The van der Waals surface area contributed by atoms with Crippen molar-refractivity contribution in [2.75, 3.05) is 31.1 Å². The number of benzene rings is 3. The van der Waals surface area contributed by atoms with Gasteiger partial charge >= 0.3 is 6.09 Å². The maximum atomic E-state index is 12.8. The summed E-state index contributed by atoms with van der Waals surface area (Å²) < 4.78 is 14.8. The number of allylic oxidation sites excluding steroid dienone is 7. The zero-order valence-electron chi connectivity index (χ0n) is 42.2. The number of ether oxygens (including phenoxy) is 2. The van der Waals surface area contributed by atoms with Crippen LogP contribution in [0.4, 0.5) is 16.2 Å². The van der Waals surface area contributed by atoms with Crippen LogP contribution in [-0.2, 0) is 26.8 Å². The standard InChI is InChI=1S/C58H78N4O4.HI/c1-10-41-61-49-27-18-16-25-47(49)57(6,7)51(61)36-32-44-23-22-24-45(33-37-52-58(8,9)48-26-17-19-28-50(48)62(52)42-11-2)54(44)65-46-34-29-43(30-35-46)31-38-53(63)59-39-20-14-12-13-15-21-40-60-55(64)66-56(3,4)5;/h16-19,25-30,32-37H,10-15,20-24,31,38-42H2,1-9H3,(H-,59,60,63,64);1H. The van der Waals surface area contributed by atoms with Crippen LogP contribution in [0.15, 0.2) is 120 Å². The van der Waals surface area contributed by atoms with E-state index in [4.69, 9.17) is 9.47 Å². The number of amides is 2. The Labute approximate surface area is 420 Å². The number of nitrogens with zero attached hydrogens (tertiary/aromatic N) is 2. The van der Waals surface area contributed by atoms with Crippen molar-refractivity contribution >= 4 is 29.1 Å². The van der Waals surface area contributed by atoms with Crippen LogP contribution in [0.5, 0.6) is 5.75 Å². The fourth-order valence-electron chi connectivity index (χ4n) is 9.80. The van der Waals surface area contributed by atoms with E-state index in [2.05, 4.69) is 159 Å². The fourth-order valence-corrected chi connectivity index (χ4v) is 9.80. The van der Waals surface area contributed by atoms with Crippen LogP contribution in [0.1, 0.15) is 156 Å². The summed E-state index contributed by atoms with van der Waals surface area (Å²) in [5, 5.41) is 5.94. The maximum absolute atomic E-state index is 12.8. The smallest absolute Gasteiger partial charge is 0.407 e. The average Bonchev–Trinajstić information content (AvgIpc) is 3.63. The number of carbonyl (C=O) groups excluding carboxylic acids is 2. The molecule has 0 unspecified atom stereocenters. The number of aryl methyl sites for hydroxylation is 1. The Hall–Kier alpha value is -4.64. The SMILES string of the molecule is CCCN1/C(=C/C=C2\CCCC(/C=C/C3=[N+](CCC)c4ccccc4C3(C)C)=C2Oc2ccc(CCC(=O)NCCCCCCCCNC(=O)OC(C)(C)C)cc2)C(C)(C)c2ccccc21.[I-]. The van der Waals surface area contributed by atoms with Crippen LogP contribution in [0.2, 0.25) is 0 Å². The first kappa shape index (κ1) is 53.3. The van der Waals surface area contributed by atoms with Gasteiger partial charge in [-0.25, -0.2) is 4.79 Å². The van der Waals surface area contributed by atoms with Crippen LogP contribution < -0.4 is 44.2 Å². The number of halogens is 1. The quantitative estimate of drug-likeness (QED) is 0.0631. The van der Waals surface area contributed by atoms with E-state index in [1.165, 1.54) is 45.1 Å². The van der Waals surface area contributed by atoms with E-state index < -0.39 is 5.60 Å². The van der Waals surface area contributed by atoms with Crippen molar-refractivity contribution < 1.29 is 47.6 Å². The van der Waals surface area contributed by atoms with Crippen molar-refractivity contribution in [2.45, 2.75) is 162 Å². The van der Waals surface area contributed by atoms with E-state index in [9.17, 15) is 9.59 Å². The molecule has 0 aromatic heterocycles. The van der Waals surface area contributed by atoms with Gasteiger partial charge in [0, 0.05) is 67.0 Å². The molecular formula is C58H79IN4O4. The lowest BCUT2D eigenvalue weighted by Gasteiger charge is -2.27. The summed E-state index contributed by atoms with van der Waals surface area (Å²) in [7, 11) is 0. The first-order valence-corrected chi connectivity index (χ1v) is 25.1. The highest BCUT2D eigenvalue weighted by atomic mass is 127. The Balaban J connectivity index is 0.00000840. The van der Waals surface area contributed by atoms with Gasteiger partial charge in [-0.3, -0.25) is 4.79 Å². The number of hydrogen-bond donors (Lipinski definition) is 2. The molecule has 67 heavy (non-hydrogen) atoms. The van der Waals surface area contributed by atoms with E-state index in [1.807, 2.05) is 20.8 Å². The third-order valence-electron chi connectivity index (χ3n) is 13.2. The van der Waals surface area contributed by atoms with Crippen molar-refractivity contribution in [3.8, 4) is 5.75 Å².